The lowest BCUT2D eigenvalue weighted by atomic mass is 10.1. The Morgan fingerprint density at radius 3 is 2.16 bits per heavy atom. The Labute approximate surface area is 151 Å². The number of ether oxygens (including phenoxy) is 3. The minimum atomic E-state index is -0.402. The summed E-state index contributed by atoms with van der Waals surface area (Å²) in [5.41, 5.74) is 4.29. The molecular formula is C18H19ClN2O4. The molecule has 7 heteroatoms. The molecule has 1 N–H and O–H groups in total. The maximum atomic E-state index is 12.4. The van der Waals surface area contributed by atoms with Gasteiger partial charge < -0.3 is 14.2 Å². The van der Waals surface area contributed by atoms with Crippen LogP contribution in [0.3, 0.4) is 0 Å². The summed E-state index contributed by atoms with van der Waals surface area (Å²) in [6, 6.07) is 10.3. The standard InChI is InChI=1S/C18H19ClN2O4/c1-11(12-6-5-7-14(19)8-12)20-21-18(22)13-9-15(23-2)17(25-4)16(10-13)24-3/h5-10H,1-4H3,(H,21,22)/b20-11+. The van der Waals surface area contributed by atoms with Gasteiger partial charge in [0, 0.05) is 10.6 Å². The van der Waals surface area contributed by atoms with Crippen LogP contribution in [-0.2, 0) is 0 Å². The summed E-state index contributed by atoms with van der Waals surface area (Å²) in [5.74, 6) is 0.797. The lowest BCUT2D eigenvalue weighted by Gasteiger charge is -2.13. The fraction of sp³-hybridized carbons (Fsp3) is 0.222. The van der Waals surface area contributed by atoms with Gasteiger partial charge in [-0.1, -0.05) is 23.7 Å². The molecule has 1 amide bonds. The summed E-state index contributed by atoms with van der Waals surface area (Å²) < 4.78 is 15.7. The van der Waals surface area contributed by atoms with E-state index >= 15 is 0 Å². The molecule has 0 aromatic heterocycles. The first kappa shape index (κ1) is 18.6. The van der Waals surface area contributed by atoms with Gasteiger partial charge in [-0.05, 0) is 36.8 Å². The molecule has 0 spiro atoms. The molecule has 0 bridgehead atoms. The molecule has 132 valence electrons. The summed E-state index contributed by atoms with van der Waals surface area (Å²) in [6.07, 6.45) is 0. The van der Waals surface area contributed by atoms with Crippen molar-refractivity contribution in [3.05, 3.63) is 52.5 Å². The molecule has 6 nitrogen and oxygen atoms in total. The van der Waals surface area contributed by atoms with Gasteiger partial charge in [0.1, 0.15) is 0 Å². The second-order valence-electron chi connectivity index (χ2n) is 5.06. The Kier molecular flexibility index (Phi) is 6.25. The van der Waals surface area contributed by atoms with E-state index < -0.39 is 5.91 Å². The van der Waals surface area contributed by atoms with Crippen LogP contribution in [-0.4, -0.2) is 32.9 Å². The van der Waals surface area contributed by atoms with Crippen molar-refractivity contribution in [2.24, 2.45) is 5.10 Å². The van der Waals surface area contributed by atoms with Crippen molar-refractivity contribution in [1.29, 1.82) is 0 Å². The Hall–Kier alpha value is -2.73. The van der Waals surface area contributed by atoms with E-state index in [0.717, 1.165) is 5.56 Å². The van der Waals surface area contributed by atoms with Crippen LogP contribution >= 0.6 is 11.6 Å². The summed E-state index contributed by atoms with van der Waals surface area (Å²) in [5, 5.41) is 4.71. The van der Waals surface area contributed by atoms with Gasteiger partial charge in [-0.15, -0.1) is 0 Å². The number of hydrazone groups is 1. The van der Waals surface area contributed by atoms with Crippen molar-refractivity contribution in [1.82, 2.24) is 5.43 Å². The lowest BCUT2D eigenvalue weighted by Crippen LogP contribution is -2.19. The number of carbonyl (C=O) groups excluding carboxylic acids is 1. The van der Waals surface area contributed by atoms with Gasteiger partial charge in [-0.25, -0.2) is 5.43 Å². The SMILES string of the molecule is COc1cc(C(=O)N/N=C(\C)c2cccc(Cl)c2)cc(OC)c1OC. The minimum absolute atomic E-state index is 0.331. The average molecular weight is 363 g/mol. The molecule has 0 aliphatic heterocycles. The van der Waals surface area contributed by atoms with Crippen LogP contribution in [0.15, 0.2) is 41.5 Å². The molecule has 2 aromatic carbocycles. The molecule has 0 heterocycles. The van der Waals surface area contributed by atoms with E-state index in [-0.39, 0.29) is 0 Å². The van der Waals surface area contributed by atoms with Gasteiger partial charge in [-0.2, -0.15) is 5.10 Å². The van der Waals surface area contributed by atoms with Gasteiger partial charge in [-0.3, -0.25) is 4.79 Å². The largest absolute Gasteiger partial charge is 0.493 e. The number of benzene rings is 2. The highest BCUT2D eigenvalue weighted by Crippen LogP contribution is 2.38. The van der Waals surface area contributed by atoms with Crippen LogP contribution in [0.5, 0.6) is 17.2 Å². The average Bonchev–Trinajstić information content (AvgIpc) is 2.64. The van der Waals surface area contributed by atoms with E-state index in [4.69, 9.17) is 25.8 Å². The topological polar surface area (TPSA) is 69.2 Å². The number of amides is 1. The maximum absolute atomic E-state index is 12.4. The third kappa shape index (κ3) is 4.42. The molecule has 0 aliphatic carbocycles. The highest BCUT2D eigenvalue weighted by atomic mass is 35.5. The molecule has 2 aromatic rings. The van der Waals surface area contributed by atoms with Crippen LogP contribution in [0.25, 0.3) is 0 Å². The zero-order chi connectivity index (χ0) is 18.4. The lowest BCUT2D eigenvalue weighted by molar-refractivity contribution is 0.0954. The summed E-state index contributed by atoms with van der Waals surface area (Å²) in [6.45, 7) is 1.78. The first-order valence-corrected chi connectivity index (χ1v) is 7.78. The first-order valence-electron chi connectivity index (χ1n) is 7.40. The highest BCUT2D eigenvalue weighted by Gasteiger charge is 2.16. The van der Waals surface area contributed by atoms with E-state index in [0.29, 0.717) is 33.5 Å². The van der Waals surface area contributed by atoms with Crippen molar-refractivity contribution in [2.45, 2.75) is 6.92 Å². The van der Waals surface area contributed by atoms with E-state index in [1.54, 1.807) is 31.2 Å². The second kappa shape index (κ2) is 8.39. The number of nitrogens with zero attached hydrogens (tertiary/aromatic N) is 1. The first-order chi connectivity index (χ1) is 12.0. The van der Waals surface area contributed by atoms with Crippen LogP contribution in [0.1, 0.15) is 22.8 Å². The van der Waals surface area contributed by atoms with Crippen LogP contribution in [0.2, 0.25) is 5.02 Å². The molecular weight excluding hydrogens is 344 g/mol. The third-order valence-electron chi connectivity index (χ3n) is 3.49. The third-order valence-corrected chi connectivity index (χ3v) is 3.73. The highest BCUT2D eigenvalue weighted by molar-refractivity contribution is 6.31. The van der Waals surface area contributed by atoms with Gasteiger partial charge >= 0.3 is 0 Å². The van der Waals surface area contributed by atoms with E-state index in [9.17, 15) is 4.79 Å². The minimum Gasteiger partial charge on any atom is -0.493 e. The molecule has 2 rings (SSSR count). The monoisotopic (exact) mass is 362 g/mol. The zero-order valence-electron chi connectivity index (χ0n) is 14.4. The van der Waals surface area contributed by atoms with Crippen molar-refractivity contribution in [3.63, 3.8) is 0 Å². The van der Waals surface area contributed by atoms with E-state index in [1.807, 2.05) is 12.1 Å². The quantitative estimate of drug-likeness (QED) is 0.630. The number of halogens is 1. The zero-order valence-corrected chi connectivity index (χ0v) is 15.2. The van der Waals surface area contributed by atoms with Crippen molar-refractivity contribution >= 4 is 23.2 Å². The Bertz CT molecular complexity index is 780. The molecule has 0 aliphatic rings. The summed E-state index contributed by atoms with van der Waals surface area (Å²) in [4.78, 5) is 12.4. The smallest absolute Gasteiger partial charge is 0.271 e. The van der Waals surface area contributed by atoms with Gasteiger partial charge in [0.05, 0.1) is 27.0 Å². The molecule has 0 fully saturated rings. The molecule has 0 atom stereocenters. The van der Waals surface area contributed by atoms with Crippen molar-refractivity contribution < 1.29 is 19.0 Å². The molecule has 0 saturated carbocycles. The fourth-order valence-corrected chi connectivity index (χ4v) is 2.38. The van der Waals surface area contributed by atoms with E-state index in [1.165, 1.54) is 21.3 Å². The predicted molar refractivity (Wildman–Crippen MR) is 97.2 cm³/mol. The number of rotatable bonds is 6. The number of nitrogens with one attached hydrogen (secondary N) is 1. The maximum Gasteiger partial charge on any atom is 0.271 e. The van der Waals surface area contributed by atoms with Crippen LogP contribution in [0, 0.1) is 0 Å². The fourth-order valence-electron chi connectivity index (χ4n) is 2.19. The van der Waals surface area contributed by atoms with Crippen molar-refractivity contribution in [2.75, 3.05) is 21.3 Å². The Morgan fingerprint density at radius 1 is 1.00 bits per heavy atom. The number of hydrogen-bond acceptors (Lipinski definition) is 5. The molecule has 0 saturated heterocycles. The van der Waals surface area contributed by atoms with Crippen LogP contribution in [0.4, 0.5) is 0 Å². The van der Waals surface area contributed by atoms with Crippen LogP contribution < -0.4 is 19.6 Å². The van der Waals surface area contributed by atoms with Crippen molar-refractivity contribution in [3.8, 4) is 17.2 Å². The molecule has 0 unspecified atom stereocenters. The van der Waals surface area contributed by atoms with Gasteiger partial charge in [0.2, 0.25) is 5.75 Å². The number of hydrogen-bond donors (Lipinski definition) is 1. The predicted octanol–water partition coefficient (Wildman–Crippen LogP) is 3.52. The Morgan fingerprint density at radius 2 is 1.64 bits per heavy atom. The Balaban J connectivity index is 2.24. The molecule has 0 radical (unpaired) electrons. The number of carbonyl (C=O) groups is 1. The number of methoxy groups -OCH3 is 3. The molecule has 25 heavy (non-hydrogen) atoms. The van der Waals surface area contributed by atoms with E-state index in [2.05, 4.69) is 10.5 Å². The van der Waals surface area contributed by atoms with Gasteiger partial charge in [0.25, 0.3) is 5.91 Å². The normalized spacial score (nSPS) is 11.0. The van der Waals surface area contributed by atoms with Gasteiger partial charge in [0.15, 0.2) is 11.5 Å². The second-order valence-corrected chi connectivity index (χ2v) is 5.50. The summed E-state index contributed by atoms with van der Waals surface area (Å²) >= 11 is 5.96. The summed E-state index contributed by atoms with van der Waals surface area (Å²) in [7, 11) is 4.47.